The molecular weight excluding hydrogens is 430 g/mol. The highest BCUT2D eigenvalue weighted by atomic mass is 35.5. The Bertz CT molecular complexity index is 946. The number of piperidine rings is 1. The van der Waals surface area contributed by atoms with Gasteiger partial charge in [-0.2, -0.15) is 0 Å². The molecule has 4 rings (SSSR count). The van der Waals surface area contributed by atoms with Gasteiger partial charge in [-0.3, -0.25) is 9.69 Å². The highest BCUT2D eigenvalue weighted by Crippen LogP contribution is 2.22. The standard InChI is InChI=1S/C23H32ClN5O3/c1-17(2)16-32-23(31)28-7-5-18(6-8-28)22(30)27-11-9-26(10-12-27)14-20-15-29-13-19(24)3-4-21(29)25-20/h3-4,13,15,17-18H,5-12,14,16H2,1-2H3. The van der Waals surface area contributed by atoms with Gasteiger partial charge in [0.1, 0.15) is 5.65 Å². The fourth-order valence-electron chi connectivity index (χ4n) is 4.35. The molecule has 2 aliphatic rings. The highest BCUT2D eigenvalue weighted by molar-refractivity contribution is 6.30. The third kappa shape index (κ3) is 5.53. The van der Waals surface area contributed by atoms with E-state index < -0.39 is 0 Å². The number of imidazole rings is 1. The molecule has 2 fully saturated rings. The molecule has 0 bridgehead atoms. The minimum absolute atomic E-state index is 0.00103. The quantitative estimate of drug-likeness (QED) is 0.684. The monoisotopic (exact) mass is 461 g/mol. The Morgan fingerprint density at radius 3 is 2.47 bits per heavy atom. The molecule has 32 heavy (non-hydrogen) atoms. The molecule has 0 atom stereocenters. The van der Waals surface area contributed by atoms with Crippen molar-refractivity contribution >= 4 is 29.2 Å². The summed E-state index contributed by atoms with van der Waals surface area (Å²) in [6.07, 6.45) is 5.03. The average molecular weight is 462 g/mol. The zero-order valence-electron chi connectivity index (χ0n) is 18.9. The van der Waals surface area contributed by atoms with Crippen molar-refractivity contribution in [3.63, 3.8) is 0 Å². The Hall–Kier alpha value is -2.32. The molecule has 4 heterocycles. The summed E-state index contributed by atoms with van der Waals surface area (Å²) < 4.78 is 7.26. The van der Waals surface area contributed by atoms with Gasteiger partial charge in [-0.25, -0.2) is 9.78 Å². The Kier molecular flexibility index (Phi) is 7.20. The lowest BCUT2D eigenvalue weighted by molar-refractivity contribution is -0.138. The van der Waals surface area contributed by atoms with Gasteiger partial charge < -0.3 is 18.9 Å². The van der Waals surface area contributed by atoms with Gasteiger partial charge in [-0.05, 0) is 30.9 Å². The first-order chi connectivity index (χ1) is 15.4. The smallest absolute Gasteiger partial charge is 0.409 e. The van der Waals surface area contributed by atoms with Crippen LogP contribution in [0.3, 0.4) is 0 Å². The van der Waals surface area contributed by atoms with Gasteiger partial charge in [0.2, 0.25) is 5.91 Å². The Labute approximate surface area is 194 Å². The number of piperazine rings is 1. The van der Waals surface area contributed by atoms with Crippen LogP contribution < -0.4 is 0 Å². The first-order valence-corrected chi connectivity index (χ1v) is 11.8. The van der Waals surface area contributed by atoms with Crippen molar-refractivity contribution in [1.29, 1.82) is 0 Å². The SMILES string of the molecule is CC(C)COC(=O)N1CCC(C(=O)N2CCN(Cc3cn4cc(Cl)ccc4n3)CC2)CC1. The maximum atomic E-state index is 13.0. The number of halogens is 1. The molecule has 0 aliphatic carbocycles. The topological polar surface area (TPSA) is 70.4 Å². The van der Waals surface area contributed by atoms with Crippen molar-refractivity contribution in [2.45, 2.75) is 33.2 Å². The highest BCUT2D eigenvalue weighted by Gasteiger charge is 2.32. The van der Waals surface area contributed by atoms with Gasteiger partial charge in [0.25, 0.3) is 0 Å². The fraction of sp³-hybridized carbons (Fsp3) is 0.609. The van der Waals surface area contributed by atoms with Crippen LogP contribution >= 0.6 is 11.6 Å². The summed E-state index contributed by atoms with van der Waals surface area (Å²) >= 11 is 6.06. The summed E-state index contributed by atoms with van der Waals surface area (Å²) in [6, 6.07) is 3.76. The second-order valence-corrected chi connectivity index (χ2v) is 9.61. The van der Waals surface area contributed by atoms with E-state index in [9.17, 15) is 9.59 Å². The van der Waals surface area contributed by atoms with E-state index in [2.05, 4.69) is 9.88 Å². The Morgan fingerprint density at radius 2 is 1.78 bits per heavy atom. The minimum Gasteiger partial charge on any atom is -0.449 e. The number of aromatic nitrogens is 2. The molecule has 174 valence electrons. The molecule has 2 aromatic rings. The minimum atomic E-state index is -0.257. The molecule has 2 amide bonds. The van der Waals surface area contributed by atoms with E-state index in [0.717, 1.165) is 44.1 Å². The zero-order chi connectivity index (χ0) is 22.7. The van der Waals surface area contributed by atoms with Crippen LogP contribution in [0, 0.1) is 11.8 Å². The number of ether oxygens (including phenoxy) is 1. The van der Waals surface area contributed by atoms with Crippen LogP contribution in [0.15, 0.2) is 24.5 Å². The molecule has 0 N–H and O–H groups in total. The molecule has 2 aliphatic heterocycles. The molecular formula is C23H32ClN5O3. The van der Waals surface area contributed by atoms with Crippen molar-refractivity contribution in [2.24, 2.45) is 11.8 Å². The third-order valence-electron chi connectivity index (χ3n) is 6.18. The lowest BCUT2D eigenvalue weighted by Crippen LogP contribution is -2.51. The van der Waals surface area contributed by atoms with Gasteiger partial charge >= 0.3 is 6.09 Å². The van der Waals surface area contributed by atoms with Crippen LogP contribution in [0.2, 0.25) is 5.02 Å². The van der Waals surface area contributed by atoms with Crippen LogP contribution in [0.5, 0.6) is 0 Å². The van der Waals surface area contributed by atoms with Crippen molar-refractivity contribution in [2.75, 3.05) is 45.9 Å². The third-order valence-corrected chi connectivity index (χ3v) is 6.40. The molecule has 2 saturated heterocycles. The van der Waals surface area contributed by atoms with Gasteiger partial charge in [0.05, 0.1) is 17.3 Å². The second-order valence-electron chi connectivity index (χ2n) is 9.18. The summed E-state index contributed by atoms with van der Waals surface area (Å²) in [7, 11) is 0. The molecule has 0 radical (unpaired) electrons. The van der Waals surface area contributed by atoms with Gasteiger partial charge in [-0.15, -0.1) is 0 Å². The molecule has 8 nitrogen and oxygen atoms in total. The van der Waals surface area contributed by atoms with E-state index in [1.54, 1.807) is 4.90 Å². The average Bonchev–Trinajstić information content (AvgIpc) is 3.19. The number of hydrogen-bond acceptors (Lipinski definition) is 5. The number of carbonyl (C=O) groups excluding carboxylic acids is 2. The predicted molar refractivity (Wildman–Crippen MR) is 123 cm³/mol. The molecule has 0 saturated carbocycles. The Balaban J connectivity index is 1.22. The number of pyridine rings is 1. The lowest BCUT2D eigenvalue weighted by atomic mass is 9.95. The fourth-order valence-corrected chi connectivity index (χ4v) is 4.51. The molecule has 0 spiro atoms. The van der Waals surface area contributed by atoms with Crippen LogP contribution in [0.25, 0.3) is 5.65 Å². The van der Waals surface area contributed by atoms with E-state index in [1.807, 2.05) is 47.7 Å². The number of hydrogen-bond donors (Lipinski definition) is 0. The number of carbonyl (C=O) groups is 2. The van der Waals surface area contributed by atoms with Gasteiger partial charge in [0.15, 0.2) is 0 Å². The van der Waals surface area contributed by atoms with Crippen LogP contribution in [0.1, 0.15) is 32.4 Å². The predicted octanol–water partition coefficient (Wildman–Crippen LogP) is 3.14. The Morgan fingerprint density at radius 1 is 1.06 bits per heavy atom. The van der Waals surface area contributed by atoms with Crippen LogP contribution in [-0.2, 0) is 16.1 Å². The van der Waals surface area contributed by atoms with Crippen LogP contribution in [0.4, 0.5) is 4.79 Å². The number of likely N-dealkylation sites (tertiary alicyclic amines) is 1. The summed E-state index contributed by atoms with van der Waals surface area (Å²) in [4.78, 5) is 35.8. The summed E-state index contributed by atoms with van der Waals surface area (Å²) in [5.41, 5.74) is 1.89. The maximum absolute atomic E-state index is 13.0. The van der Waals surface area contributed by atoms with Gasteiger partial charge in [0, 0.05) is 64.1 Å². The number of fused-ring (bicyclic) bond motifs is 1. The normalized spacial score (nSPS) is 18.5. The second kappa shape index (κ2) is 10.1. The molecule has 2 aromatic heterocycles. The molecule has 9 heteroatoms. The number of nitrogens with zero attached hydrogens (tertiary/aromatic N) is 5. The lowest BCUT2D eigenvalue weighted by Gasteiger charge is -2.38. The summed E-state index contributed by atoms with van der Waals surface area (Å²) in [5.74, 6) is 0.545. The summed E-state index contributed by atoms with van der Waals surface area (Å²) in [5, 5.41) is 0.687. The van der Waals surface area contributed by atoms with Crippen molar-refractivity contribution < 1.29 is 14.3 Å². The number of amides is 2. The molecule has 0 unspecified atom stereocenters. The van der Waals surface area contributed by atoms with Gasteiger partial charge in [-0.1, -0.05) is 25.4 Å². The zero-order valence-corrected chi connectivity index (χ0v) is 19.6. The largest absolute Gasteiger partial charge is 0.449 e. The first-order valence-electron chi connectivity index (χ1n) is 11.4. The van der Waals surface area contributed by atoms with E-state index >= 15 is 0 Å². The summed E-state index contributed by atoms with van der Waals surface area (Å²) in [6.45, 7) is 9.54. The molecule has 0 aromatic carbocycles. The number of rotatable bonds is 5. The van der Waals surface area contributed by atoms with Crippen LogP contribution in [-0.4, -0.2) is 82.0 Å². The maximum Gasteiger partial charge on any atom is 0.409 e. The van der Waals surface area contributed by atoms with E-state index in [1.165, 1.54) is 0 Å². The van der Waals surface area contributed by atoms with E-state index in [-0.39, 0.29) is 17.9 Å². The van der Waals surface area contributed by atoms with E-state index in [0.29, 0.717) is 43.5 Å². The van der Waals surface area contributed by atoms with Crippen molar-refractivity contribution in [1.82, 2.24) is 24.1 Å². The first kappa shape index (κ1) is 22.9. The van der Waals surface area contributed by atoms with Crippen molar-refractivity contribution in [3.05, 3.63) is 35.2 Å². The van der Waals surface area contributed by atoms with E-state index in [4.69, 9.17) is 16.3 Å². The van der Waals surface area contributed by atoms with Crippen molar-refractivity contribution in [3.8, 4) is 0 Å².